The van der Waals surface area contributed by atoms with Crippen molar-refractivity contribution in [1.82, 2.24) is 10.6 Å². The minimum absolute atomic E-state index is 0.0938. The Kier molecular flexibility index (Phi) is 1.85. The lowest BCUT2D eigenvalue weighted by Crippen LogP contribution is -2.26. The van der Waals surface area contributed by atoms with Crippen molar-refractivity contribution in [3.05, 3.63) is 12.7 Å². The Labute approximate surface area is 54.1 Å². The molecule has 1 unspecified atom stereocenters. The van der Waals surface area contributed by atoms with E-state index in [9.17, 15) is 4.79 Å². The van der Waals surface area contributed by atoms with Gasteiger partial charge in [-0.05, 0) is 6.08 Å². The van der Waals surface area contributed by atoms with E-state index in [4.69, 9.17) is 0 Å². The highest BCUT2D eigenvalue weighted by atomic mass is 16.1. The molecule has 1 atom stereocenters. The highest BCUT2D eigenvalue weighted by molar-refractivity contribution is 5.86. The molecule has 1 saturated heterocycles. The average molecular weight is 126 g/mol. The lowest BCUT2D eigenvalue weighted by atomic mass is 10.4. The molecule has 9 heavy (non-hydrogen) atoms. The van der Waals surface area contributed by atoms with Gasteiger partial charge in [0.2, 0.25) is 5.91 Å². The molecule has 50 valence electrons. The molecule has 1 aliphatic heterocycles. The molecule has 0 spiro atoms. The lowest BCUT2D eigenvalue weighted by molar-refractivity contribution is -0.116. The fourth-order valence-electron chi connectivity index (χ4n) is 0.524. The van der Waals surface area contributed by atoms with E-state index in [1.807, 2.05) is 0 Å². The average Bonchev–Trinajstić information content (AvgIpc) is 2.65. The highest BCUT2D eigenvalue weighted by Crippen LogP contribution is 1.92. The van der Waals surface area contributed by atoms with Crippen molar-refractivity contribution >= 4 is 5.91 Å². The van der Waals surface area contributed by atoms with Crippen LogP contribution >= 0.6 is 0 Å². The molecular formula is C6H10N2O. The summed E-state index contributed by atoms with van der Waals surface area (Å²) in [6, 6.07) is 0.508. The van der Waals surface area contributed by atoms with E-state index in [0.29, 0.717) is 6.04 Å². The molecule has 3 heteroatoms. The van der Waals surface area contributed by atoms with Gasteiger partial charge < -0.3 is 10.6 Å². The van der Waals surface area contributed by atoms with Gasteiger partial charge in [0.25, 0.3) is 0 Å². The van der Waals surface area contributed by atoms with Crippen LogP contribution in [0.1, 0.15) is 0 Å². The Bertz CT molecular complexity index is 129. The Hall–Kier alpha value is -0.830. The Morgan fingerprint density at radius 1 is 2.00 bits per heavy atom. The van der Waals surface area contributed by atoms with E-state index >= 15 is 0 Å². The minimum atomic E-state index is -0.0938. The normalized spacial score (nSPS) is 22.9. The van der Waals surface area contributed by atoms with Gasteiger partial charge in [0.15, 0.2) is 0 Å². The molecule has 1 aliphatic rings. The smallest absolute Gasteiger partial charge is 0.243 e. The fraction of sp³-hybridized carbons (Fsp3) is 0.500. The quantitative estimate of drug-likeness (QED) is 0.386. The second-order valence-electron chi connectivity index (χ2n) is 2.05. The zero-order valence-electron chi connectivity index (χ0n) is 5.18. The van der Waals surface area contributed by atoms with Gasteiger partial charge in [-0.25, -0.2) is 0 Å². The highest BCUT2D eigenvalue weighted by Gasteiger charge is 2.19. The summed E-state index contributed by atoms with van der Waals surface area (Å²) in [7, 11) is 0. The van der Waals surface area contributed by atoms with E-state index < -0.39 is 0 Å². The van der Waals surface area contributed by atoms with E-state index in [2.05, 4.69) is 17.2 Å². The van der Waals surface area contributed by atoms with Gasteiger partial charge in [-0.15, -0.1) is 0 Å². The Morgan fingerprint density at radius 3 is 3.11 bits per heavy atom. The number of rotatable bonds is 3. The first-order valence-corrected chi connectivity index (χ1v) is 2.96. The van der Waals surface area contributed by atoms with Crippen molar-refractivity contribution in [2.24, 2.45) is 0 Å². The van der Waals surface area contributed by atoms with E-state index in [1.165, 1.54) is 6.08 Å². The molecule has 0 bridgehead atoms. The molecule has 0 aliphatic carbocycles. The molecule has 3 nitrogen and oxygen atoms in total. The topological polar surface area (TPSA) is 51.0 Å². The Morgan fingerprint density at radius 2 is 2.67 bits per heavy atom. The van der Waals surface area contributed by atoms with E-state index in [1.54, 1.807) is 0 Å². The van der Waals surface area contributed by atoms with Crippen LogP contribution in [0.15, 0.2) is 12.7 Å². The van der Waals surface area contributed by atoms with Gasteiger partial charge in [0, 0.05) is 19.1 Å². The first kappa shape index (κ1) is 6.29. The molecule has 2 N–H and O–H groups in total. The molecule has 1 rings (SSSR count). The number of hydrogen-bond donors (Lipinski definition) is 2. The molecule has 1 heterocycles. The van der Waals surface area contributed by atoms with Gasteiger partial charge >= 0.3 is 0 Å². The maximum Gasteiger partial charge on any atom is 0.243 e. The predicted molar refractivity (Wildman–Crippen MR) is 35.0 cm³/mol. The summed E-state index contributed by atoms with van der Waals surface area (Å²) in [6.45, 7) is 5.08. The van der Waals surface area contributed by atoms with Crippen LogP contribution in [0.25, 0.3) is 0 Å². The van der Waals surface area contributed by atoms with E-state index in [-0.39, 0.29) is 5.91 Å². The monoisotopic (exact) mass is 126 g/mol. The zero-order chi connectivity index (χ0) is 6.69. The first-order chi connectivity index (χ1) is 4.33. The standard InChI is InChI=1S/C6H10N2O/c1-2-6(9)8-4-5-3-7-5/h2,5,7H,1,3-4H2,(H,8,9). The first-order valence-electron chi connectivity index (χ1n) is 2.96. The molecular weight excluding hydrogens is 116 g/mol. The van der Waals surface area contributed by atoms with Crippen molar-refractivity contribution in [3.63, 3.8) is 0 Å². The largest absolute Gasteiger partial charge is 0.351 e. The van der Waals surface area contributed by atoms with Crippen molar-refractivity contribution in [1.29, 1.82) is 0 Å². The van der Waals surface area contributed by atoms with Crippen LogP contribution in [-0.2, 0) is 4.79 Å². The van der Waals surface area contributed by atoms with Crippen molar-refractivity contribution in [2.75, 3.05) is 13.1 Å². The third-order valence-corrected chi connectivity index (χ3v) is 1.20. The van der Waals surface area contributed by atoms with Crippen LogP contribution in [-0.4, -0.2) is 25.0 Å². The maximum absolute atomic E-state index is 10.5. The van der Waals surface area contributed by atoms with E-state index in [0.717, 1.165) is 13.1 Å². The van der Waals surface area contributed by atoms with Gasteiger partial charge in [0.05, 0.1) is 0 Å². The number of nitrogens with one attached hydrogen (secondary N) is 2. The lowest BCUT2D eigenvalue weighted by Gasteiger charge is -1.95. The summed E-state index contributed by atoms with van der Waals surface area (Å²) in [4.78, 5) is 10.5. The number of hydrogen-bond acceptors (Lipinski definition) is 2. The van der Waals surface area contributed by atoms with Gasteiger partial charge in [-0.1, -0.05) is 6.58 Å². The van der Waals surface area contributed by atoms with Gasteiger partial charge in [-0.3, -0.25) is 4.79 Å². The third kappa shape index (κ3) is 2.28. The maximum atomic E-state index is 10.5. The zero-order valence-corrected chi connectivity index (χ0v) is 5.18. The van der Waals surface area contributed by atoms with Crippen molar-refractivity contribution in [3.8, 4) is 0 Å². The van der Waals surface area contributed by atoms with Crippen LogP contribution in [0.3, 0.4) is 0 Å². The Balaban J connectivity index is 2.02. The van der Waals surface area contributed by atoms with Gasteiger partial charge in [0.1, 0.15) is 0 Å². The van der Waals surface area contributed by atoms with Crippen LogP contribution in [0.2, 0.25) is 0 Å². The van der Waals surface area contributed by atoms with Crippen LogP contribution in [0.4, 0.5) is 0 Å². The van der Waals surface area contributed by atoms with Crippen molar-refractivity contribution in [2.45, 2.75) is 6.04 Å². The second-order valence-corrected chi connectivity index (χ2v) is 2.05. The predicted octanol–water partition coefficient (Wildman–Crippen LogP) is -0.740. The summed E-state index contributed by atoms with van der Waals surface area (Å²) < 4.78 is 0. The number of carbonyl (C=O) groups is 1. The molecule has 0 aromatic rings. The summed E-state index contributed by atoms with van der Waals surface area (Å²) in [5.41, 5.74) is 0. The summed E-state index contributed by atoms with van der Waals surface area (Å²) in [6.07, 6.45) is 1.28. The third-order valence-electron chi connectivity index (χ3n) is 1.20. The van der Waals surface area contributed by atoms with Gasteiger partial charge in [-0.2, -0.15) is 0 Å². The molecule has 0 aromatic carbocycles. The summed E-state index contributed by atoms with van der Waals surface area (Å²) in [5.74, 6) is -0.0938. The van der Waals surface area contributed by atoms with Crippen molar-refractivity contribution < 1.29 is 4.79 Å². The van der Waals surface area contributed by atoms with Crippen LogP contribution in [0, 0.1) is 0 Å². The molecule has 0 aromatic heterocycles. The van der Waals surface area contributed by atoms with Crippen LogP contribution < -0.4 is 10.6 Å². The summed E-state index contributed by atoms with van der Waals surface area (Å²) in [5, 5.41) is 5.74. The SMILES string of the molecule is C=CC(=O)NCC1CN1. The summed E-state index contributed by atoms with van der Waals surface area (Å²) >= 11 is 0. The number of amides is 1. The van der Waals surface area contributed by atoms with Crippen LogP contribution in [0.5, 0.6) is 0 Å². The minimum Gasteiger partial charge on any atom is -0.351 e. The fourth-order valence-corrected chi connectivity index (χ4v) is 0.524. The molecule has 1 amide bonds. The second kappa shape index (κ2) is 2.64. The molecule has 1 fully saturated rings. The number of carbonyl (C=O) groups excluding carboxylic acids is 1. The molecule has 0 radical (unpaired) electrons. The molecule has 0 saturated carbocycles.